The minimum Gasteiger partial charge on any atom is -0.493 e. The molecular weight excluding hydrogens is 298 g/mol. The highest BCUT2D eigenvalue weighted by Crippen LogP contribution is 2.37. The van der Waals surface area contributed by atoms with Crippen molar-refractivity contribution in [3.05, 3.63) is 23.8 Å². The molecule has 23 heavy (non-hydrogen) atoms. The summed E-state index contributed by atoms with van der Waals surface area (Å²) in [5.74, 6) is 0.322. The second-order valence-corrected chi connectivity index (χ2v) is 5.90. The summed E-state index contributed by atoms with van der Waals surface area (Å²) in [5, 5.41) is 12.0. The number of carbonyl (C=O) groups is 2. The summed E-state index contributed by atoms with van der Waals surface area (Å²) in [7, 11) is 3.05. The van der Waals surface area contributed by atoms with E-state index in [2.05, 4.69) is 5.32 Å². The molecule has 6 heteroatoms. The predicted molar refractivity (Wildman–Crippen MR) is 84.6 cm³/mol. The SMILES string of the molecule is COc1ccc(C(CC(=O)O)NC(=O)C(C)C2CC2)cc1OC. The van der Waals surface area contributed by atoms with E-state index in [4.69, 9.17) is 14.6 Å². The average Bonchev–Trinajstić information content (AvgIpc) is 3.37. The molecule has 126 valence electrons. The van der Waals surface area contributed by atoms with Gasteiger partial charge >= 0.3 is 5.97 Å². The molecule has 1 amide bonds. The first-order valence-electron chi connectivity index (χ1n) is 7.70. The van der Waals surface area contributed by atoms with Crippen LogP contribution in [0, 0.1) is 11.8 Å². The molecule has 0 heterocycles. The van der Waals surface area contributed by atoms with Gasteiger partial charge in [-0.3, -0.25) is 9.59 Å². The lowest BCUT2D eigenvalue weighted by Gasteiger charge is -2.21. The molecule has 2 rings (SSSR count). The van der Waals surface area contributed by atoms with Gasteiger partial charge in [0.1, 0.15) is 0 Å². The molecule has 0 spiro atoms. The lowest BCUT2D eigenvalue weighted by atomic mass is 10.00. The predicted octanol–water partition coefficient (Wildman–Crippen LogP) is 2.38. The minimum atomic E-state index is -0.968. The first-order chi connectivity index (χ1) is 11.0. The zero-order chi connectivity index (χ0) is 17.0. The van der Waals surface area contributed by atoms with Crippen molar-refractivity contribution in [2.45, 2.75) is 32.2 Å². The summed E-state index contributed by atoms with van der Waals surface area (Å²) in [6, 6.07) is 4.56. The first kappa shape index (κ1) is 17.1. The molecular formula is C17H23NO5. The molecule has 1 aliphatic carbocycles. The molecule has 0 aromatic heterocycles. The Kier molecular flexibility index (Phi) is 5.47. The fraction of sp³-hybridized carbons (Fsp3) is 0.529. The number of methoxy groups -OCH3 is 2. The maximum atomic E-state index is 12.3. The maximum Gasteiger partial charge on any atom is 0.305 e. The van der Waals surface area contributed by atoms with E-state index in [-0.39, 0.29) is 18.2 Å². The van der Waals surface area contributed by atoms with Crippen molar-refractivity contribution in [3.8, 4) is 11.5 Å². The van der Waals surface area contributed by atoms with Crippen LogP contribution in [-0.2, 0) is 9.59 Å². The molecule has 1 fully saturated rings. The van der Waals surface area contributed by atoms with Crippen LogP contribution in [-0.4, -0.2) is 31.2 Å². The van der Waals surface area contributed by atoms with E-state index in [0.717, 1.165) is 12.8 Å². The highest BCUT2D eigenvalue weighted by molar-refractivity contribution is 5.80. The van der Waals surface area contributed by atoms with E-state index in [9.17, 15) is 9.59 Å². The number of aliphatic carboxylic acids is 1. The fourth-order valence-electron chi connectivity index (χ4n) is 2.61. The van der Waals surface area contributed by atoms with Gasteiger partial charge in [0.05, 0.1) is 26.7 Å². The summed E-state index contributed by atoms with van der Waals surface area (Å²) in [5.41, 5.74) is 0.682. The second kappa shape index (κ2) is 7.35. The van der Waals surface area contributed by atoms with Gasteiger partial charge in [0.25, 0.3) is 0 Å². The van der Waals surface area contributed by atoms with Crippen LogP contribution in [0.2, 0.25) is 0 Å². The van der Waals surface area contributed by atoms with Crippen molar-refractivity contribution in [1.29, 1.82) is 0 Å². The summed E-state index contributed by atoms with van der Waals surface area (Å²) < 4.78 is 10.4. The smallest absolute Gasteiger partial charge is 0.305 e. The van der Waals surface area contributed by atoms with Gasteiger partial charge in [0.15, 0.2) is 11.5 Å². The molecule has 1 aromatic rings. The number of carboxylic acids is 1. The van der Waals surface area contributed by atoms with Crippen LogP contribution in [0.3, 0.4) is 0 Å². The van der Waals surface area contributed by atoms with E-state index in [1.54, 1.807) is 18.2 Å². The van der Waals surface area contributed by atoms with Crippen LogP contribution in [0.15, 0.2) is 18.2 Å². The summed E-state index contributed by atoms with van der Waals surface area (Å²) >= 11 is 0. The van der Waals surface area contributed by atoms with Gasteiger partial charge in [-0.05, 0) is 36.5 Å². The van der Waals surface area contributed by atoms with Gasteiger partial charge < -0.3 is 19.9 Å². The number of nitrogens with one attached hydrogen (secondary N) is 1. The quantitative estimate of drug-likeness (QED) is 0.768. The summed E-state index contributed by atoms with van der Waals surface area (Å²) in [6.07, 6.45) is 1.95. The number of rotatable bonds is 8. The number of hydrogen-bond acceptors (Lipinski definition) is 4. The monoisotopic (exact) mass is 321 g/mol. The molecule has 1 saturated carbocycles. The van der Waals surface area contributed by atoms with Crippen molar-refractivity contribution in [3.63, 3.8) is 0 Å². The van der Waals surface area contributed by atoms with Gasteiger partial charge in [-0.2, -0.15) is 0 Å². The lowest BCUT2D eigenvalue weighted by molar-refractivity contribution is -0.138. The number of ether oxygens (including phenoxy) is 2. The van der Waals surface area contributed by atoms with E-state index < -0.39 is 12.0 Å². The van der Waals surface area contributed by atoms with Gasteiger partial charge in [-0.15, -0.1) is 0 Å². The topological polar surface area (TPSA) is 84.9 Å². The molecule has 0 saturated heterocycles. The Bertz CT molecular complexity index is 582. The van der Waals surface area contributed by atoms with Gasteiger partial charge in [-0.25, -0.2) is 0 Å². The normalized spacial score (nSPS) is 16.3. The third kappa shape index (κ3) is 4.37. The third-order valence-electron chi connectivity index (χ3n) is 4.25. The number of hydrogen-bond donors (Lipinski definition) is 2. The Morgan fingerprint density at radius 1 is 1.26 bits per heavy atom. The van der Waals surface area contributed by atoms with Crippen LogP contribution in [0.1, 0.15) is 37.8 Å². The molecule has 1 aliphatic rings. The van der Waals surface area contributed by atoms with Crippen molar-refractivity contribution in [2.75, 3.05) is 14.2 Å². The Labute approximate surface area is 135 Å². The van der Waals surface area contributed by atoms with Gasteiger partial charge in [-0.1, -0.05) is 13.0 Å². The Morgan fingerprint density at radius 2 is 1.91 bits per heavy atom. The molecule has 2 unspecified atom stereocenters. The third-order valence-corrected chi connectivity index (χ3v) is 4.25. The summed E-state index contributed by atoms with van der Waals surface area (Å²) in [4.78, 5) is 23.5. The summed E-state index contributed by atoms with van der Waals surface area (Å²) in [6.45, 7) is 1.89. The molecule has 0 aliphatic heterocycles. The minimum absolute atomic E-state index is 0.0913. The standard InChI is InChI=1S/C17H23NO5/c1-10(11-4-5-11)17(21)18-13(9-16(19)20)12-6-7-14(22-2)15(8-12)23-3/h6-8,10-11,13H,4-5,9H2,1-3H3,(H,18,21)(H,19,20). The fourth-order valence-corrected chi connectivity index (χ4v) is 2.61. The Balaban J connectivity index is 2.19. The van der Waals surface area contributed by atoms with Crippen LogP contribution in [0.25, 0.3) is 0 Å². The Morgan fingerprint density at radius 3 is 2.43 bits per heavy atom. The average molecular weight is 321 g/mol. The van der Waals surface area contributed by atoms with Crippen LogP contribution < -0.4 is 14.8 Å². The van der Waals surface area contributed by atoms with E-state index in [1.807, 2.05) is 6.92 Å². The van der Waals surface area contributed by atoms with E-state index in [0.29, 0.717) is 23.0 Å². The largest absolute Gasteiger partial charge is 0.493 e. The van der Waals surface area contributed by atoms with Crippen LogP contribution in [0.4, 0.5) is 0 Å². The lowest BCUT2D eigenvalue weighted by Crippen LogP contribution is -2.34. The van der Waals surface area contributed by atoms with E-state index >= 15 is 0 Å². The maximum absolute atomic E-state index is 12.3. The molecule has 2 N–H and O–H groups in total. The number of benzene rings is 1. The van der Waals surface area contributed by atoms with Crippen molar-refractivity contribution < 1.29 is 24.2 Å². The zero-order valence-corrected chi connectivity index (χ0v) is 13.7. The highest BCUT2D eigenvalue weighted by atomic mass is 16.5. The zero-order valence-electron chi connectivity index (χ0n) is 13.7. The molecule has 0 bridgehead atoms. The van der Waals surface area contributed by atoms with Gasteiger partial charge in [0, 0.05) is 5.92 Å². The van der Waals surface area contributed by atoms with Crippen LogP contribution >= 0.6 is 0 Å². The molecule has 2 atom stereocenters. The second-order valence-electron chi connectivity index (χ2n) is 5.90. The van der Waals surface area contributed by atoms with Gasteiger partial charge in [0.2, 0.25) is 5.91 Å². The molecule has 0 radical (unpaired) electrons. The van der Waals surface area contributed by atoms with Crippen LogP contribution in [0.5, 0.6) is 11.5 Å². The molecule has 6 nitrogen and oxygen atoms in total. The van der Waals surface area contributed by atoms with Crippen molar-refractivity contribution in [1.82, 2.24) is 5.32 Å². The number of amides is 1. The van der Waals surface area contributed by atoms with Crippen molar-refractivity contribution >= 4 is 11.9 Å². The number of carbonyl (C=O) groups excluding carboxylic acids is 1. The number of carboxylic acid groups (broad SMARTS) is 1. The van der Waals surface area contributed by atoms with Crippen molar-refractivity contribution in [2.24, 2.45) is 11.8 Å². The Hall–Kier alpha value is -2.24. The van der Waals surface area contributed by atoms with E-state index in [1.165, 1.54) is 14.2 Å². The first-order valence-corrected chi connectivity index (χ1v) is 7.70. The molecule has 1 aromatic carbocycles. The highest BCUT2D eigenvalue weighted by Gasteiger charge is 2.33.